The fourth-order valence-electron chi connectivity index (χ4n) is 0.871. The Bertz CT molecular complexity index is 196. The van der Waals surface area contributed by atoms with E-state index in [0.717, 1.165) is 0 Å². The van der Waals surface area contributed by atoms with Crippen LogP contribution in [0.1, 0.15) is 6.42 Å². The number of carbonyl (C=O) groups is 2. The van der Waals surface area contributed by atoms with E-state index in [9.17, 15) is 9.59 Å². The van der Waals surface area contributed by atoms with Gasteiger partial charge in [-0.15, -0.1) is 0 Å². The molecule has 0 fully saturated rings. The number of nitrogens with one attached hydrogen (secondary N) is 1. The van der Waals surface area contributed by atoms with Crippen LogP contribution in [0.3, 0.4) is 0 Å². The lowest BCUT2D eigenvalue weighted by Gasteiger charge is -2.15. The van der Waals surface area contributed by atoms with Gasteiger partial charge in [-0.3, -0.25) is 9.59 Å². The van der Waals surface area contributed by atoms with Crippen LogP contribution >= 0.6 is 0 Å². The van der Waals surface area contributed by atoms with Crippen molar-refractivity contribution in [2.75, 3.05) is 33.2 Å². The summed E-state index contributed by atoms with van der Waals surface area (Å²) in [7, 11) is 1.86. The number of likely N-dealkylation sites (N-methyl/N-ethyl adjacent to an activating group) is 1. The van der Waals surface area contributed by atoms with Crippen molar-refractivity contribution in [3.8, 4) is 0 Å². The number of carbonyl (C=O) groups excluding carboxylic acids is 2. The van der Waals surface area contributed by atoms with Crippen molar-refractivity contribution < 1.29 is 9.59 Å². The smallest absolute Gasteiger partial charge is 0.233 e. The molecule has 0 saturated heterocycles. The van der Waals surface area contributed by atoms with E-state index in [1.54, 1.807) is 0 Å². The van der Waals surface area contributed by atoms with Gasteiger partial charge in [0, 0.05) is 26.1 Å². The third-order valence-electron chi connectivity index (χ3n) is 1.74. The maximum absolute atomic E-state index is 10.7. The molecule has 0 atom stereocenters. The number of nitrogens with two attached hydrogens (primary N) is 2. The van der Waals surface area contributed by atoms with Gasteiger partial charge < -0.3 is 21.7 Å². The normalized spacial score (nSPS) is 10.2. The molecule has 0 radical (unpaired) electrons. The van der Waals surface area contributed by atoms with Crippen LogP contribution < -0.4 is 16.8 Å². The number of amides is 2. The lowest BCUT2D eigenvalue weighted by molar-refractivity contribution is -0.120. The first-order valence-corrected chi connectivity index (χ1v) is 4.50. The van der Waals surface area contributed by atoms with Gasteiger partial charge in [0.2, 0.25) is 11.8 Å². The molecule has 0 spiro atoms. The molecule has 2 amide bonds. The standard InChI is InChI=1S/C8H18N4O2/c1-12(4-2-7(10)13)5-3-11-8(14)6-9/h2-6,9H2,1H3,(H2,10,13)(H,11,14). The van der Waals surface area contributed by atoms with Gasteiger partial charge in [0.25, 0.3) is 0 Å². The molecule has 6 nitrogen and oxygen atoms in total. The van der Waals surface area contributed by atoms with Crippen LogP contribution in [0, 0.1) is 0 Å². The Morgan fingerprint density at radius 2 is 2.00 bits per heavy atom. The summed E-state index contributed by atoms with van der Waals surface area (Å²) >= 11 is 0. The van der Waals surface area contributed by atoms with Gasteiger partial charge in [0.1, 0.15) is 0 Å². The molecule has 0 saturated carbocycles. The van der Waals surface area contributed by atoms with Crippen LogP contribution in [0.4, 0.5) is 0 Å². The van der Waals surface area contributed by atoms with Gasteiger partial charge >= 0.3 is 0 Å². The Labute approximate surface area is 83.6 Å². The van der Waals surface area contributed by atoms with Crippen LogP contribution in [0.25, 0.3) is 0 Å². The van der Waals surface area contributed by atoms with E-state index < -0.39 is 0 Å². The summed E-state index contributed by atoms with van der Waals surface area (Å²) in [6.07, 6.45) is 0.335. The zero-order valence-corrected chi connectivity index (χ0v) is 8.45. The molecule has 82 valence electrons. The number of hydrogen-bond acceptors (Lipinski definition) is 4. The molecule has 5 N–H and O–H groups in total. The average molecular weight is 202 g/mol. The maximum Gasteiger partial charge on any atom is 0.233 e. The first kappa shape index (κ1) is 12.9. The fourth-order valence-corrected chi connectivity index (χ4v) is 0.871. The monoisotopic (exact) mass is 202 g/mol. The van der Waals surface area contributed by atoms with Crippen LogP contribution in [0.15, 0.2) is 0 Å². The molecule has 0 rings (SSSR count). The summed E-state index contributed by atoms with van der Waals surface area (Å²) in [5.41, 5.74) is 10.1. The van der Waals surface area contributed by atoms with Crippen molar-refractivity contribution in [1.82, 2.24) is 10.2 Å². The molecular formula is C8H18N4O2. The molecule has 0 aliphatic rings. The fraction of sp³-hybridized carbons (Fsp3) is 0.750. The molecule has 0 aromatic carbocycles. The van der Waals surface area contributed by atoms with Crippen molar-refractivity contribution in [1.29, 1.82) is 0 Å². The van der Waals surface area contributed by atoms with Crippen LogP contribution in [-0.2, 0) is 9.59 Å². The Kier molecular flexibility index (Phi) is 6.69. The minimum Gasteiger partial charge on any atom is -0.370 e. The molecule has 0 bridgehead atoms. The van der Waals surface area contributed by atoms with Crippen LogP contribution in [0.2, 0.25) is 0 Å². The summed E-state index contributed by atoms with van der Waals surface area (Å²) < 4.78 is 0. The van der Waals surface area contributed by atoms with E-state index in [4.69, 9.17) is 11.5 Å². The van der Waals surface area contributed by atoms with Gasteiger partial charge in [-0.2, -0.15) is 0 Å². The van der Waals surface area contributed by atoms with E-state index >= 15 is 0 Å². The summed E-state index contributed by atoms with van der Waals surface area (Å²) in [6, 6.07) is 0. The average Bonchev–Trinajstić information content (AvgIpc) is 2.14. The quantitative estimate of drug-likeness (QED) is 0.439. The lowest BCUT2D eigenvalue weighted by atomic mass is 10.4. The van der Waals surface area contributed by atoms with Crippen molar-refractivity contribution >= 4 is 11.8 Å². The molecule has 6 heteroatoms. The van der Waals surface area contributed by atoms with Crippen molar-refractivity contribution in [2.45, 2.75) is 6.42 Å². The highest BCUT2D eigenvalue weighted by Crippen LogP contribution is 1.84. The van der Waals surface area contributed by atoms with E-state index in [2.05, 4.69) is 5.32 Å². The van der Waals surface area contributed by atoms with E-state index in [-0.39, 0.29) is 18.4 Å². The predicted molar refractivity (Wildman–Crippen MR) is 53.4 cm³/mol. The third kappa shape index (κ3) is 7.51. The summed E-state index contributed by atoms with van der Waals surface area (Å²) in [4.78, 5) is 23.1. The second-order valence-corrected chi connectivity index (χ2v) is 3.07. The van der Waals surface area contributed by atoms with Gasteiger partial charge in [0.05, 0.1) is 6.54 Å². The molecule has 0 heterocycles. The van der Waals surface area contributed by atoms with Gasteiger partial charge in [-0.25, -0.2) is 0 Å². The molecule has 14 heavy (non-hydrogen) atoms. The van der Waals surface area contributed by atoms with Gasteiger partial charge in [-0.1, -0.05) is 0 Å². The number of primary amides is 1. The Balaban J connectivity index is 3.39. The largest absolute Gasteiger partial charge is 0.370 e. The number of rotatable bonds is 7. The second kappa shape index (κ2) is 7.28. The highest BCUT2D eigenvalue weighted by Gasteiger charge is 2.01. The highest BCUT2D eigenvalue weighted by molar-refractivity contribution is 5.77. The molecule has 0 aromatic rings. The molecule has 0 unspecified atom stereocenters. The minimum atomic E-state index is -0.317. The number of nitrogens with zero attached hydrogens (tertiary/aromatic N) is 1. The Morgan fingerprint density at radius 1 is 1.36 bits per heavy atom. The van der Waals surface area contributed by atoms with Crippen molar-refractivity contribution in [3.05, 3.63) is 0 Å². The lowest BCUT2D eigenvalue weighted by Crippen LogP contribution is -2.37. The topological polar surface area (TPSA) is 101 Å². The summed E-state index contributed by atoms with van der Waals surface area (Å²) in [5.74, 6) is -0.490. The summed E-state index contributed by atoms with van der Waals surface area (Å²) in [6.45, 7) is 1.82. The second-order valence-electron chi connectivity index (χ2n) is 3.07. The highest BCUT2D eigenvalue weighted by atomic mass is 16.2. The molecule has 0 aliphatic heterocycles. The van der Waals surface area contributed by atoms with E-state index in [1.807, 2.05) is 11.9 Å². The van der Waals surface area contributed by atoms with Crippen molar-refractivity contribution in [3.63, 3.8) is 0 Å². The third-order valence-corrected chi connectivity index (χ3v) is 1.74. The number of hydrogen-bond donors (Lipinski definition) is 3. The van der Waals surface area contributed by atoms with Gasteiger partial charge in [0.15, 0.2) is 0 Å². The minimum absolute atomic E-state index is 0.00496. The molecule has 0 aliphatic carbocycles. The summed E-state index contributed by atoms with van der Waals surface area (Å²) in [5, 5.41) is 2.63. The van der Waals surface area contributed by atoms with Crippen molar-refractivity contribution in [2.24, 2.45) is 11.5 Å². The van der Waals surface area contributed by atoms with Crippen LogP contribution in [-0.4, -0.2) is 49.9 Å². The Morgan fingerprint density at radius 3 is 2.50 bits per heavy atom. The van der Waals surface area contributed by atoms with Gasteiger partial charge in [-0.05, 0) is 7.05 Å². The van der Waals surface area contributed by atoms with E-state index in [1.165, 1.54) is 0 Å². The van der Waals surface area contributed by atoms with Crippen LogP contribution in [0.5, 0.6) is 0 Å². The first-order chi connectivity index (χ1) is 6.56. The zero-order chi connectivity index (χ0) is 11.0. The van der Waals surface area contributed by atoms with E-state index in [0.29, 0.717) is 26.1 Å². The Hall–Kier alpha value is -1.14. The molecular weight excluding hydrogens is 184 g/mol. The predicted octanol–water partition coefficient (Wildman–Crippen LogP) is -2.13. The SMILES string of the molecule is CN(CCNC(=O)CN)CCC(N)=O. The zero-order valence-electron chi connectivity index (χ0n) is 8.45. The molecule has 0 aromatic heterocycles. The first-order valence-electron chi connectivity index (χ1n) is 4.50. The maximum atomic E-state index is 10.7.